The number of hydrogen-bond acceptors (Lipinski definition) is 4. The van der Waals surface area contributed by atoms with Gasteiger partial charge < -0.3 is 9.64 Å². The van der Waals surface area contributed by atoms with E-state index in [0.29, 0.717) is 32.0 Å². The highest BCUT2D eigenvalue weighted by Crippen LogP contribution is 2.29. The van der Waals surface area contributed by atoms with Gasteiger partial charge in [-0.3, -0.25) is 0 Å². The fourth-order valence-corrected chi connectivity index (χ4v) is 5.37. The zero-order chi connectivity index (χ0) is 20.7. The van der Waals surface area contributed by atoms with Gasteiger partial charge >= 0.3 is 0 Å². The second kappa shape index (κ2) is 10.2. The average Bonchev–Trinajstić information content (AvgIpc) is 2.73. The Morgan fingerprint density at radius 2 is 1.66 bits per heavy atom. The lowest BCUT2D eigenvalue weighted by Crippen LogP contribution is -2.39. The standard InChI is InChI=1S/C23H32N2O3S/c1-24(2)19-22-11-6-7-12-23(22)28-17-8-18-29(26,27)25-15-13-21(14-16-25)20-9-4-3-5-10-20/h3-7,9-12,21H,8,13-19H2,1-2H3. The Labute approximate surface area is 175 Å². The normalized spacial score (nSPS) is 16.2. The summed E-state index contributed by atoms with van der Waals surface area (Å²) in [5, 5.41) is 0. The number of nitrogens with zero attached hydrogens (tertiary/aromatic N) is 2. The Balaban J connectivity index is 1.45. The third kappa shape index (κ3) is 6.29. The van der Waals surface area contributed by atoms with E-state index in [-0.39, 0.29) is 5.75 Å². The summed E-state index contributed by atoms with van der Waals surface area (Å²) in [6, 6.07) is 18.3. The highest BCUT2D eigenvalue weighted by Gasteiger charge is 2.28. The lowest BCUT2D eigenvalue weighted by atomic mass is 9.90. The summed E-state index contributed by atoms with van der Waals surface area (Å²) in [7, 11) is 0.809. The van der Waals surface area contributed by atoms with Crippen molar-refractivity contribution in [3.63, 3.8) is 0 Å². The minimum absolute atomic E-state index is 0.138. The van der Waals surface area contributed by atoms with Crippen molar-refractivity contribution in [1.82, 2.24) is 9.21 Å². The first-order valence-corrected chi connectivity index (χ1v) is 11.9. The molecule has 2 aromatic carbocycles. The zero-order valence-electron chi connectivity index (χ0n) is 17.5. The molecule has 5 nitrogen and oxygen atoms in total. The quantitative estimate of drug-likeness (QED) is 0.585. The highest BCUT2D eigenvalue weighted by molar-refractivity contribution is 7.89. The van der Waals surface area contributed by atoms with Crippen LogP contribution in [-0.2, 0) is 16.6 Å². The van der Waals surface area contributed by atoms with Gasteiger partial charge in [0, 0.05) is 25.2 Å². The number of para-hydroxylation sites is 1. The van der Waals surface area contributed by atoms with E-state index in [1.165, 1.54) is 5.56 Å². The number of rotatable bonds is 9. The van der Waals surface area contributed by atoms with E-state index in [0.717, 1.165) is 30.7 Å². The van der Waals surface area contributed by atoms with Crippen LogP contribution in [-0.4, -0.2) is 57.2 Å². The maximum absolute atomic E-state index is 12.7. The molecule has 0 bridgehead atoms. The topological polar surface area (TPSA) is 49.9 Å². The smallest absolute Gasteiger partial charge is 0.214 e. The van der Waals surface area contributed by atoms with E-state index in [4.69, 9.17) is 4.74 Å². The highest BCUT2D eigenvalue weighted by atomic mass is 32.2. The molecule has 0 atom stereocenters. The van der Waals surface area contributed by atoms with Crippen molar-refractivity contribution in [2.45, 2.75) is 31.7 Å². The number of sulfonamides is 1. The second-order valence-corrected chi connectivity index (χ2v) is 10.0. The second-order valence-electron chi connectivity index (χ2n) is 7.95. The van der Waals surface area contributed by atoms with Crippen LogP contribution in [0.15, 0.2) is 54.6 Å². The first-order valence-electron chi connectivity index (χ1n) is 10.3. The Morgan fingerprint density at radius 3 is 2.34 bits per heavy atom. The Bertz CT molecular complexity index is 861. The summed E-state index contributed by atoms with van der Waals surface area (Å²) >= 11 is 0. The molecule has 29 heavy (non-hydrogen) atoms. The lowest BCUT2D eigenvalue weighted by Gasteiger charge is -2.31. The van der Waals surface area contributed by atoms with E-state index in [1.807, 2.05) is 44.4 Å². The Hall–Kier alpha value is -1.89. The molecule has 1 heterocycles. The lowest BCUT2D eigenvalue weighted by molar-refractivity contribution is 0.299. The molecule has 3 rings (SSSR count). The predicted molar refractivity (Wildman–Crippen MR) is 118 cm³/mol. The molecule has 0 saturated carbocycles. The Morgan fingerprint density at radius 1 is 1.00 bits per heavy atom. The predicted octanol–water partition coefficient (Wildman–Crippen LogP) is 3.73. The molecule has 1 aliphatic heterocycles. The summed E-state index contributed by atoms with van der Waals surface area (Å²) in [4.78, 5) is 2.09. The van der Waals surface area contributed by atoms with Crippen molar-refractivity contribution < 1.29 is 13.2 Å². The summed E-state index contributed by atoms with van der Waals surface area (Å²) in [5.74, 6) is 1.43. The average molecular weight is 417 g/mol. The fraction of sp³-hybridized carbons (Fsp3) is 0.478. The molecule has 0 N–H and O–H groups in total. The third-order valence-electron chi connectivity index (χ3n) is 5.38. The van der Waals surface area contributed by atoms with Crippen molar-refractivity contribution in [3.05, 3.63) is 65.7 Å². The van der Waals surface area contributed by atoms with Gasteiger partial charge in [0.15, 0.2) is 0 Å². The van der Waals surface area contributed by atoms with Crippen LogP contribution in [0.4, 0.5) is 0 Å². The van der Waals surface area contributed by atoms with Gasteiger partial charge in [-0.15, -0.1) is 0 Å². The molecule has 0 spiro atoms. The molecule has 0 aliphatic carbocycles. The van der Waals surface area contributed by atoms with Crippen LogP contribution in [0.25, 0.3) is 0 Å². The molecule has 1 aliphatic rings. The summed E-state index contributed by atoms with van der Waals surface area (Å²) in [6.07, 6.45) is 2.27. The molecular formula is C23H32N2O3S. The van der Waals surface area contributed by atoms with Crippen LogP contribution in [0.2, 0.25) is 0 Å². The maximum atomic E-state index is 12.7. The van der Waals surface area contributed by atoms with Gasteiger partial charge in [-0.05, 0) is 50.9 Å². The van der Waals surface area contributed by atoms with E-state index < -0.39 is 10.0 Å². The molecule has 0 amide bonds. The molecule has 0 radical (unpaired) electrons. The summed E-state index contributed by atoms with van der Waals surface area (Å²) in [5.41, 5.74) is 2.43. The number of hydrogen-bond donors (Lipinski definition) is 0. The number of piperidine rings is 1. The van der Waals surface area contributed by atoms with Gasteiger partial charge in [0.25, 0.3) is 0 Å². The van der Waals surface area contributed by atoms with Crippen LogP contribution >= 0.6 is 0 Å². The van der Waals surface area contributed by atoms with Crippen LogP contribution in [0, 0.1) is 0 Å². The summed E-state index contributed by atoms with van der Waals surface area (Å²) < 4.78 is 33.0. The van der Waals surface area contributed by atoms with Crippen molar-refractivity contribution in [2.75, 3.05) is 39.5 Å². The molecule has 1 saturated heterocycles. The van der Waals surface area contributed by atoms with Gasteiger partial charge in [-0.25, -0.2) is 12.7 Å². The fourth-order valence-electron chi connectivity index (χ4n) is 3.86. The largest absolute Gasteiger partial charge is 0.493 e. The third-order valence-corrected chi connectivity index (χ3v) is 7.34. The molecule has 1 fully saturated rings. The number of benzene rings is 2. The Kier molecular flexibility index (Phi) is 7.70. The first kappa shape index (κ1) is 21.8. The van der Waals surface area contributed by atoms with E-state index in [9.17, 15) is 8.42 Å². The van der Waals surface area contributed by atoms with Crippen molar-refractivity contribution in [3.8, 4) is 5.75 Å². The molecule has 0 aromatic heterocycles. The minimum Gasteiger partial charge on any atom is -0.493 e. The van der Waals surface area contributed by atoms with Gasteiger partial charge in [0.05, 0.1) is 12.4 Å². The van der Waals surface area contributed by atoms with Crippen molar-refractivity contribution in [1.29, 1.82) is 0 Å². The van der Waals surface area contributed by atoms with Crippen LogP contribution in [0.3, 0.4) is 0 Å². The van der Waals surface area contributed by atoms with Crippen LogP contribution in [0.5, 0.6) is 5.75 Å². The molecular weight excluding hydrogens is 384 g/mol. The minimum atomic E-state index is -3.23. The maximum Gasteiger partial charge on any atom is 0.214 e. The monoisotopic (exact) mass is 416 g/mol. The molecule has 158 valence electrons. The van der Waals surface area contributed by atoms with Crippen molar-refractivity contribution in [2.24, 2.45) is 0 Å². The molecule has 0 unspecified atom stereocenters. The van der Waals surface area contributed by atoms with Crippen LogP contribution in [0.1, 0.15) is 36.3 Å². The van der Waals surface area contributed by atoms with E-state index in [1.54, 1.807) is 4.31 Å². The van der Waals surface area contributed by atoms with E-state index >= 15 is 0 Å². The van der Waals surface area contributed by atoms with Gasteiger partial charge in [0.2, 0.25) is 10.0 Å². The number of ether oxygens (including phenoxy) is 1. The SMILES string of the molecule is CN(C)Cc1ccccc1OCCCS(=O)(=O)N1CCC(c2ccccc2)CC1. The molecule has 6 heteroatoms. The van der Waals surface area contributed by atoms with Crippen molar-refractivity contribution >= 4 is 10.0 Å². The van der Waals surface area contributed by atoms with Gasteiger partial charge in [0.1, 0.15) is 5.75 Å². The van der Waals surface area contributed by atoms with E-state index in [2.05, 4.69) is 29.2 Å². The van der Waals surface area contributed by atoms with Gasteiger partial charge in [-0.1, -0.05) is 48.5 Å². The van der Waals surface area contributed by atoms with Crippen LogP contribution < -0.4 is 4.74 Å². The first-order chi connectivity index (χ1) is 14.0. The molecule has 2 aromatic rings. The summed E-state index contributed by atoms with van der Waals surface area (Å²) in [6.45, 7) is 2.41. The zero-order valence-corrected chi connectivity index (χ0v) is 18.3. The van der Waals surface area contributed by atoms with Gasteiger partial charge in [-0.2, -0.15) is 0 Å².